The van der Waals surface area contributed by atoms with Crippen LogP contribution in [-0.4, -0.2) is 49.8 Å². The minimum Gasteiger partial charge on any atom is -0.495 e. The van der Waals surface area contributed by atoms with Crippen molar-refractivity contribution in [2.75, 3.05) is 30.4 Å². The number of aromatic nitrogens is 2. The average molecular weight is 547 g/mol. The van der Waals surface area contributed by atoms with Crippen molar-refractivity contribution in [1.82, 2.24) is 8.75 Å². The normalized spacial score (nSPS) is 11.2. The zero-order valence-electron chi connectivity index (χ0n) is 19.0. The predicted molar refractivity (Wildman–Crippen MR) is 136 cm³/mol. The van der Waals surface area contributed by atoms with E-state index in [1.807, 2.05) is 0 Å². The largest absolute Gasteiger partial charge is 0.495 e. The Labute approximate surface area is 215 Å². The summed E-state index contributed by atoms with van der Waals surface area (Å²) in [5, 5.41) is 2.58. The van der Waals surface area contributed by atoms with Gasteiger partial charge >= 0.3 is 5.97 Å². The van der Waals surface area contributed by atoms with Crippen LogP contribution in [0.15, 0.2) is 65.6 Å². The number of carbonyl (C=O) groups excluding carboxylic acids is 2. The van der Waals surface area contributed by atoms with Crippen molar-refractivity contribution in [3.8, 4) is 5.75 Å². The quantitative estimate of drug-likeness (QED) is 0.329. The van der Waals surface area contributed by atoms with Gasteiger partial charge in [-0.25, -0.2) is 13.2 Å². The Bertz CT molecular complexity index is 1560. The summed E-state index contributed by atoms with van der Waals surface area (Å²) >= 11 is 7.15. The molecule has 0 aliphatic carbocycles. The van der Waals surface area contributed by atoms with Gasteiger partial charge in [-0.15, -0.1) is 0 Å². The zero-order chi connectivity index (χ0) is 25.9. The summed E-state index contributed by atoms with van der Waals surface area (Å²) in [6.45, 7) is -0.624. The second-order valence-corrected chi connectivity index (χ2v) is 10.3. The molecule has 0 fully saturated rings. The Morgan fingerprint density at radius 1 is 1.08 bits per heavy atom. The molecule has 4 aromatic rings. The highest BCUT2D eigenvalue weighted by Crippen LogP contribution is 2.32. The number of halogens is 1. The van der Waals surface area contributed by atoms with Gasteiger partial charge in [-0.1, -0.05) is 29.8 Å². The van der Waals surface area contributed by atoms with E-state index in [0.29, 0.717) is 28.2 Å². The monoisotopic (exact) mass is 546 g/mol. The number of fused-ring (bicyclic) bond motifs is 1. The number of sulfonamides is 1. The van der Waals surface area contributed by atoms with Crippen molar-refractivity contribution < 1.29 is 27.5 Å². The molecular weight excluding hydrogens is 528 g/mol. The van der Waals surface area contributed by atoms with Crippen LogP contribution in [-0.2, 0) is 19.6 Å². The number of methoxy groups -OCH3 is 1. The lowest BCUT2D eigenvalue weighted by atomic mass is 10.2. The van der Waals surface area contributed by atoms with Crippen LogP contribution >= 0.6 is 23.3 Å². The third-order valence-electron chi connectivity index (χ3n) is 5.14. The van der Waals surface area contributed by atoms with Gasteiger partial charge in [0.2, 0.25) is 0 Å². The first kappa shape index (κ1) is 25.4. The summed E-state index contributed by atoms with van der Waals surface area (Å²) in [5.41, 5.74) is 1.67. The smallest absolute Gasteiger partial charge is 0.340 e. The molecule has 0 spiro atoms. The molecule has 0 radical (unpaired) electrons. The van der Waals surface area contributed by atoms with Gasteiger partial charge < -0.3 is 14.8 Å². The molecule has 0 bridgehead atoms. The zero-order valence-corrected chi connectivity index (χ0v) is 21.4. The van der Waals surface area contributed by atoms with E-state index in [1.165, 1.54) is 26.3 Å². The summed E-state index contributed by atoms with van der Waals surface area (Å²) in [6.07, 6.45) is 0. The fraction of sp³-hybridized carbons (Fsp3) is 0.130. The number of hydrogen-bond donors (Lipinski definition) is 1. The van der Waals surface area contributed by atoms with Crippen LogP contribution in [0.4, 0.5) is 11.4 Å². The van der Waals surface area contributed by atoms with E-state index < -0.39 is 28.5 Å². The SMILES string of the molecule is COc1ccccc1N(C)S(=O)(=O)c1ccc(Cl)c(C(=O)OCC(=O)Nc2cccc3nsnc23)c1. The van der Waals surface area contributed by atoms with E-state index in [-0.39, 0.29) is 15.5 Å². The second-order valence-electron chi connectivity index (χ2n) is 7.35. The molecule has 0 saturated heterocycles. The van der Waals surface area contributed by atoms with E-state index in [2.05, 4.69) is 14.1 Å². The molecule has 1 amide bonds. The molecule has 0 aliphatic rings. The van der Waals surface area contributed by atoms with Crippen molar-refractivity contribution in [3.63, 3.8) is 0 Å². The molecule has 0 saturated carbocycles. The maximum atomic E-state index is 13.2. The summed E-state index contributed by atoms with van der Waals surface area (Å²) in [6, 6.07) is 15.4. The topological polar surface area (TPSA) is 128 Å². The van der Waals surface area contributed by atoms with Crippen LogP contribution in [0.2, 0.25) is 5.02 Å². The first-order chi connectivity index (χ1) is 17.2. The number of anilines is 2. The number of carbonyl (C=O) groups is 2. The summed E-state index contributed by atoms with van der Waals surface area (Å²) in [5.74, 6) is -1.22. The van der Waals surface area contributed by atoms with Gasteiger partial charge in [-0.05, 0) is 42.5 Å². The maximum Gasteiger partial charge on any atom is 0.340 e. The Kier molecular flexibility index (Phi) is 7.38. The molecule has 0 atom stereocenters. The number of para-hydroxylation sites is 2. The first-order valence-corrected chi connectivity index (χ1v) is 12.9. The van der Waals surface area contributed by atoms with E-state index in [9.17, 15) is 18.0 Å². The number of hydrogen-bond acceptors (Lipinski definition) is 9. The fourth-order valence-electron chi connectivity index (χ4n) is 3.30. The minimum atomic E-state index is -4.09. The third kappa shape index (κ3) is 5.10. The highest BCUT2D eigenvalue weighted by atomic mass is 35.5. The van der Waals surface area contributed by atoms with Gasteiger partial charge in [0.15, 0.2) is 6.61 Å². The maximum absolute atomic E-state index is 13.2. The summed E-state index contributed by atoms with van der Waals surface area (Å²) in [4.78, 5) is 24.8. The van der Waals surface area contributed by atoms with E-state index >= 15 is 0 Å². The van der Waals surface area contributed by atoms with Crippen molar-refractivity contribution in [2.45, 2.75) is 4.90 Å². The Balaban J connectivity index is 1.50. The van der Waals surface area contributed by atoms with Crippen molar-refractivity contribution >= 4 is 67.6 Å². The van der Waals surface area contributed by atoms with Crippen molar-refractivity contribution in [1.29, 1.82) is 0 Å². The predicted octanol–water partition coefficient (Wildman–Crippen LogP) is 3.97. The van der Waals surface area contributed by atoms with E-state index in [0.717, 1.165) is 22.1 Å². The first-order valence-electron chi connectivity index (χ1n) is 10.3. The molecule has 1 heterocycles. The molecule has 0 unspecified atom stereocenters. The molecule has 4 rings (SSSR count). The van der Waals surface area contributed by atoms with Crippen LogP contribution in [0.5, 0.6) is 5.75 Å². The lowest BCUT2D eigenvalue weighted by molar-refractivity contribution is -0.119. The minimum absolute atomic E-state index is 0.0300. The van der Waals surface area contributed by atoms with Crippen LogP contribution in [0.1, 0.15) is 10.4 Å². The number of benzene rings is 3. The number of nitrogens with zero attached hydrogens (tertiary/aromatic N) is 3. The molecule has 36 heavy (non-hydrogen) atoms. The standard InChI is InChI=1S/C23H19ClN4O6S2/c1-28(19-8-3-4-9-20(19)33-2)36(31,32)14-10-11-16(24)15(12-14)23(30)34-13-21(29)25-17-6-5-7-18-22(17)27-35-26-18/h3-12H,13H2,1-2H3,(H,25,29). The highest BCUT2D eigenvalue weighted by Gasteiger charge is 2.26. The van der Waals surface area contributed by atoms with Crippen molar-refractivity contribution in [2.24, 2.45) is 0 Å². The second kappa shape index (κ2) is 10.5. The number of esters is 1. The molecule has 0 aliphatic heterocycles. The summed E-state index contributed by atoms with van der Waals surface area (Å²) in [7, 11) is -1.29. The molecule has 13 heteroatoms. The van der Waals surface area contributed by atoms with Gasteiger partial charge in [-0.3, -0.25) is 9.10 Å². The number of ether oxygens (including phenoxy) is 2. The molecule has 186 valence electrons. The average Bonchev–Trinajstić information content (AvgIpc) is 3.37. The molecule has 3 aromatic carbocycles. The number of amides is 1. The van der Waals surface area contributed by atoms with E-state index in [1.54, 1.807) is 42.5 Å². The Morgan fingerprint density at radius 3 is 2.64 bits per heavy atom. The van der Waals surface area contributed by atoms with Gasteiger partial charge in [0, 0.05) is 7.05 Å². The van der Waals surface area contributed by atoms with Gasteiger partial charge in [0.1, 0.15) is 16.8 Å². The van der Waals surface area contributed by atoms with Gasteiger partial charge in [-0.2, -0.15) is 8.75 Å². The third-order valence-corrected chi connectivity index (χ3v) is 7.77. The lowest BCUT2D eigenvalue weighted by Gasteiger charge is -2.22. The van der Waals surface area contributed by atoms with Crippen LogP contribution in [0, 0.1) is 0 Å². The number of nitrogens with one attached hydrogen (secondary N) is 1. The molecule has 1 N–H and O–H groups in total. The van der Waals surface area contributed by atoms with E-state index in [4.69, 9.17) is 21.1 Å². The molecule has 10 nitrogen and oxygen atoms in total. The van der Waals surface area contributed by atoms with Crippen LogP contribution < -0.4 is 14.4 Å². The van der Waals surface area contributed by atoms with Gasteiger partial charge in [0.25, 0.3) is 15.9 Å². The van der Waals surface area contributed by atoms with Crippen molar-refractivity contribution in [3.05, 3.63) is 71.2 Å². The fourth-order valence-corrected chi connectivity index (χ4v) is 5.28. The summed E-state index contributed by atoms with van der Waals surface area (Å²) < 4.78 is 46.1. The van der Waals surface area contributed by atoms with Crippen LogP contribution in [0.25, 0.3) is 11.0 Å². The lowest BCUT2D eigenvalue weighted by Crippen LogP contribution is -2.27. The van der Waals surface area contributed by atoms with Crippen LogP contribution in [0.3, 0.4) is 0 Å². The Morgan fingerprint density at radius 2 is 1.86 bits per heavy atom. The Hall–Kier alpha value is -3.74. The number of rotatable bonds is 8. The van der Waals surface area contributed by atoms with Gasteiger partial charge in [0.05, 0.1) is 45.7 Å². The molecule has 1 aromatic heterocycles. The highest BCUT2D eigenvalue weighted by molar-refractivity contribution is 7.92. The molecular formula is C23H19ClN4O6S2.